The third-order valence-electron chi connectivity index (χ3n) is 1.88. The highest BCUT2D eigenvalue weighted by Crippen LogP contribution is 2.12. The van der Waals surface area contributed by atoms with E-state index in [-0.39, 0.29) is 18.6 Å². The fourth-order valence-corrected chi connectivity index (χ4v) is 1.04. The van der Waals surface area contributed by atoms with Gasteiger partial charge >= 0.3 is 0 Å². The molecule has 1 aromatic rings. The summed E-state index contributed by atoms with van der Waals surface area (Å²) in [6.45, 7) is 1.66. The van der Waals surface area contributed by atoms with Crippen molar-refractivity contribution in [3.05, 3.63) is 24.3 Å². The molecule has 1 amide bonds. The van der Waals surface area contributed by atoms with Crippen LogP contribution in [0, 0.1) is 12.3 Å². The van der Waals surface area contributed by atoms with E-state index in [1.807, 2.05) is 0 Å². The Kier molecular flexibility index (Phi) is 4.22. The second-order valence-corrected chi connectivity index (χ2v) is 3.31. The lowest BCUT2D eigenvalue weighted by Gasteiger charge is -2.09. The number of hydrogen-bond donors (Lipinski definition) is 2. The van der Waals surface area contributed by atoms with E-state index < -0.39 is 0 Å². The van der Waals surface area contributed by atoms with Gasteiger partial charge in [-0.15, -0.1) is 6.42 Å². The maximum absolute atomic E-state index is 11.3. The second-order valence-electron chi connectivity index (χ2n) is 3.31. The SMILES string of the molecule is C#CC(C)NC(=O)COc1ccc(N)cc1. The van der Waals surface area contributed by atoms with Crippen molar-refractivity contribution < 1.29 is 9.53 Å². The molecule has 0 aliphatic heterocycles. The molecule has 0 saturated carbocycles. The molecule has 3 N–H and O–H groups in total. The predicted octanol–water partition coefficient (Wildman–Crippen LogP) is 0.785. The lowest BCUT2D eigenvalue weighted by molar-refractivity contribution is -0.123. The summed E-state index contributed by atoms with van der Waals surface area (Å²) in [6.07, 6.45) is 5.12. The Morgan fingerprint density at radius 1 is 1.56 bits per heavy atom. The first-order valence-corrected chi connectivity index (χ1v) is 4.85. The third-order valence-corrected chi connectivity index (χ3v) is 1.88. The van der Waals surface area contributed by atoms with Crippen LogP contribution >= 0.6 is 0 Å². The van der Waals surface area contributed by atoms with Crippen molar-refractivity contribution >= 4 is 11.6 Å². The van der Waals surface area contributed by atoms with Crippen LogP contribution in [0.15, 0.2) is 24.3 Å². The molecule has 1 aromatic carbocycles. The van der Waals surface area contributed by atoms with Gasteiger partial charge in [-0.3, -0.25) is 4.79 Å². The summed E-state index contributed by atoms with van der Waals surface area (Å²) in [7, 11) is 0. The number of rotatable bonds is 4. The molecule has 0 aliphatic carbocycles. The number of carbonyl (C=O) groups excluding carboxylic acids is 1. The Hall–Kier alpha value is -2.15. The normalized spacial score (nSPS) is 11.2. The molecule has 4 nitrogen and oxygen atoms in total. The fourth-order valence-electron chi connectivity index (χ4n) is 1.04. The van der Waals surface area contributed by atoms with Gasteiger partial charge in [0.25, 0.3) is 5.91 Å². The van der Waals surface area contributed by atoms with Crippen LogP contribution in [-0.2, 0) is 4.79 Å². The van der Waals surface area contributed by atoms with E-state index in [1.54, 1.807) is 31.2 Å². The van der Waals surface area contributed by atoms with Gasteiger partial charge in [-0.25, -0.2) is 0 Å². The van der Waals surface area contributed by atoms with E-state index in [4.69, 9.17) is 16.9 Å². The highest BCUT2D eigenvalue weighted by molar-refractivity contribution is 5.78. The van der Waals surface area contributed by atoms with E-state index in [9.17, 15) is 4.79 Å². The number of anilines is 1. The quantitative estimate of drug-likeness (QED) is 0.580. The zero-order valence-electron chi connectivity index (χ0n) is 9.07. The summed E-state index contributed by atoms with van der Waals surface area (Å²) < 4.78 is 5.23. The molecule has 0 radical (unpaired) electrons. The largest absolute Gasteiger partial charge is 0.484 e. The van der Waals surface area contributed by atoms with Crippen molar-refractivity contribution in [3.63, 3.8) is 0 Å². The summed E-state index contributed by atoms with van der Waals surface area (Å²) in [5.41, 5.74) is 6.16. The van der Waals surface area contributed by atoms with Crippen molar-refractivity contribution in [2.24, 2.45) is 0 Å². The van der Waals surface area contributed by atoms with Crippen molar-refractivity contribution in [2.75, 3.05) is 12.3 Å². The maximum Gasteiger partial charge on any atom is 0.258 e. The van der Waals surface area contributed by atoms with Crippen LogP contribution in [0.2, 0.25) is 0 Å². The summed E-state index contributed by atoms with van der Waals surface area (Å²) >= 11 is 0. The van der Waals surface area contributed by atoms with Gasteiger partial charge in [0, 0.05) is 5.69 Å². The second kappa shape index (κ2) is 5.66. The van der Waals surface area contributed by atoms with Gasteiger partial charge in [-0.1, -0.05) is 5.92 Å². The topological polar surface area (TPSA) is 64.3 Å². The van der Waals surface area contributed by atoms with Crippen LogP contribution < -0.4 is 15.8 Å². The molecule has 84 valence electrons. The van der Waals surface area contributed by atoms with Crippen molar-refractivity contribution in [1.82, 2.24) is 5.32 Å². The Bertz CT molecular complexity index is 392. The molecule has 0 aliphatic rings. The number of terminal acetylenes is 1. The number of amides is 1. The lowest BCUT2D eigenvalue weighted by atomic mass is 10.3. The average molecular weight is 218 g/mol. The minimum Gasteiger partial charge on any atom is -0.484 e. The third kappa shape index (κ3) is 3.93. The number of nitrogen functional groups attached to an aromatic ring is 1. The van der Waals surface area contributed by atoms with E-state index in [2.05, 4.69) is 11.2 Å². The summed E-state index contributed by atoms with van der Waals surface area (Å²) in [6, 6.07) is 6.53. The molecule has 0 aromatic heterocycles. The average Bonchev–Trinajstić information content (AvgIpc) is 2.28. The van der Waals surface area contributed by atoms with Gasteiger partial charge in [-0.2, -0.15) is 0 Å². The van der Waals surface area contributed by atoms with Gasteiger partial charge < -0.3 is 15.8 Å². The Balaban J connectivity index is 2.38. The zero-order chi connectivity index (χ0) is 12.0. The molecule has 0 heterocycles. The number of benzene rings is 1. The van der Waals surface area contributed by atoms with Crippen LogP contribution in [0.3, 0.4) is 0 Å². The summed E-state index contributed by atoms with van der Waals surface area (Å²) in [4.78, 5) is 11.3. The van der Waals surface area contributed by atoms with Crippen LogP contribution in [0.1, 0.15) is 6.92 Å². The van der Waals surface area contributed by atoms with Gasteiger partial charge in [0.15, 0.2) is 6.61 Å². The van der Waals surface area contributed by atoms with E-state index >= 15 is 0 Å². The minimum atomic E-state index is -0.289. The van der Waals surface area contributed by atoms with Gasteiger partial charge in [0.05, 0.1) is 6.04 Å². The van der Waals surface area contributed by atoms with Gasteiger partial charge in [0.1, 0.15) is 5.75 Å². The monoisotopic (exact) mass is 218 g/mol. The van der Waals surface area contributed by atoms with Crippen LogP contribution in [0.4, 0.5) is 5.69 Å². The van der Waals surface area contributed by atoms with Crippen molar-refractivity contribution in [2.45, 2.75) is 13.0 Å². The molecule has 1 rings (SSSR count). The minimum absolute atomic E-state index is 0.0596. The molecule has 0 fully saturated rings. The molecule has 16 heavy (non-hydrogen) atoms. The zero-order valence-corrected chi connectivity index (χ0v) is 9.07. The van der Waals surface area contributed by atoms with E-state index in [0.29, 0.717) is 11.4 Å². The molecule has 1 unspecified atom stereocenters. The molecule has 1 atom stereocenters. The van der Waals surface area contributed by atoms with Gasteiger partial charge in [0.2, 0.25) is 0 Å². The first-order chi connectivity index (χ1) is 7.61. The smallest absolute Gasteiger partial charge is 0.258 e. The number of ether oxygens (including phenoxy) is 1. The first kappa shape index (κ1) is 11.9. The Morgan fingerprint density at radius 3 is 2.75 bits per heavy atom. The Morgan fingerprint density at radius 2 is 2.19 bits per heavy atom. The highest BCUT2D eigenvalue weighted by atomic mass is 16.5. The van der Waals surface area contributed by atoms with E-state index in [1.165, 1.54) is 0 Å². The first-order valence-electron chi connectivity index (χ1n) is 4.85. The van der Waals surface area contributed by atoms with Crippen molar-refractivity contribution in [3.8, 4) is 18.1 Å². The number of hydrogen-bond acceptors (Lipinski definition) is 3. The van der Waals surface area contributed by atoms with Crippen LogP contribution in [-0.4, -0.2) is 18.6 Å². The molecule has 4 heteroatoms. The maximum atomic E-state index is 11.3. The van der Waals surface area contributed by atoms with Crippen molar-refractivity contribution in [1.29, 1.82) is 0 Å². The lowest BCUT2D eigenvalue weighted by Crippen LogP contribution is -2.35. The number of carbonyl (C=O) groups is 1. The number of nitrogens with one attached hydrogen (secondary N) is 1. The Labute approximate surface area is 94.8 Å². The predicted molar refractivity (Wildman–Crippen MR) is 62.8 cm³/mol. The number of nitrogens with two attached hydrogens (primary N) is 1. The molecule has 0 bridgehead atoms. The van der Waals surface area contributed by atoms with E-state index in [0.717, 1.165) is 0 Å². The summed E-state index contributed by atoms with van der Waals surface area (Å²) in [5.74, 6) is 2.74. The standard InChI is InChI=1S/C12H14N2O2/c1-3-9(2)14-12(15)8-16-11-6-4-10(13)5-7-11/h1,4-7,9H,8,13H2,2H3,(H,14,15). The molecule has 0 saturated heterocycles. The van der Waals surface area contributed by atoms with Crippen LogP contribution in [0.25, 0.3) is 0 Å². The molecular formula is C12H14N2O2. The van der Waals surface area contributed by atoms with Gasteiger partial charge in [-0.05, 0) is 31.2 Å². The fraction of sp³-hybridized carbons (Fsp3) is 0.250. The molecule has 0 spiro atoms. The molecular weight excluding hydrogens is 204 g/mol. The summed E-state index contributed by atoms with van der Waals surface area (Å²) in [5, 5.41) is 2.59. The highest BCUT2D eigenvalue weighted by Gasteiger charge is 2.05. The van der Waals surface area contributed by atoms with Crippen LogP contribution in [0.5, 0.6) is 5.75 Å².